The van der Waals surface area contributed by atoms with Crippen LogP contribution in [0.1, 0.15) is 51.1 Å². The maximum atomic E-state index is 13.2. The summed E-state index contributed by atoms with van der Waals surface area (Å²) in [6, 6.07) is 8.04. The highest BCUT2D eigenvalue weighted by Crippen LogP contribution is 2.30. The van der Waals surface area contributed by atoms with E-state index in [9.17, 15) is 9.59 Å². The number of benzene rings is 1. The number of hydrogen-bond acceptors (Lipinski definition) is 4. The number of rotatable bonds is 3. The SMILES string of the molecule is Cc1cc([C@@H]2C(=O)NCC2C)ccc1C(=O)N1CCN(c2nc(C)c(C)cc2C)CC1. The highest BCUT2D eigenvalue weighted by molar-refractivity contribution is 5.96. The molecule has 4 rings (SSSR count). The predicted octanol–water partition coefficient (Wildman–Crippen LogP) is 3.13. The van der Waals surface area contributed by atoms with Crippen LogP contribution in [0.5, 0.6) is 0 Å². The van der Waals surface area contributed by atoms with Crippen molar-refractivity contribution in [3.05, 3.63) is 57.8 Å². The second-order valence-electron chi connectivity index (χ2n) is 9.08. The normalized spacial score (nSPS) is 21.4. The Bertz CT molecular complexity index is 1020. The van der Waals surface area contributed by atoms with Gasteiger partial charge in [0.2, 0.25) is 5.91 Å². The minimum atomic E-state index is -0.125. The van der Waals surface area contributed by atoms with Crippen LogP contribution in [-0.4, -0.2) is 54.4 Å². The Morgan fingerprint density at radius 3 is 2.32 bits per heavy atom. The standard InChI is InChI=1S/C25H32N4O2/c1-15-12-17(3)23(27-19(15)5)28-8-10-29(11-9-28)25(31)21-7-6-20(13-16(21)2)22-18(4)14-26-24(22)30/h6-7,12-13,18,22H,8-11,14H2,1-5H3,(H,26,30)/t18?,22-/m1/s1. The van der Waals surface area contributed by atoms with Crippen LogP contribution in [0.4, 0.5) is 5.82 Å². The number of carbonyl (C=O) groups is 2. The molecule has 1 unspecified atom stereocenters. The van der Waals surface area contributed by atoms with Crippen LogP contribution in [0.2, 0.25) is 0 Å². The topological polar surface area (TPSA) is 65.5 Å². The first-order chi connectivity index (χ1) is 14.8. The summed E-state index contributed by atoms with van der Waals surface area (Å²) in [5.41, 5.74) is 6.10. The van der Waals surface area contributed by atoms with Crippen LogP contribution < -0.4 is 10.2 Å². The maximum absolute atomic E-state index is 13.2. The predicted molar refractivity (Wildman–Crippen MR) is 123 cm³/mol. The summed E-state index contributed by atoms with van der Waals surface area (Å²) in [6.45, 7) is 13.9. The highest BCUT2D eigenvalue weighted by atomic mass is 16.2. The van der Waals surface area contributed by atoms with Crippen LogP contribution in [0, 0.1) is 33.6 Å². The maximum Gasteiger partial charge on any atom is 0.254 e. The lowest BCUT2D eigenvalue weighted by molar-refractivity contribution is -0.120. The van der Waals surface area contributed by atoms with E-state index in [1.54, 1.807) is 0 Å². The number of amides is 2. The number of hydrogen-bond donors (Lipinski definition) is 1. The first kappa shape index (κ1) is 21.3. The van der Waals surface area contributed by atoms with E-state index in [2.05, 4.69) is 37.1 Å². The molecular weight excluding hydrogens is 388 g/mol. The molecule has 1 N–H and O–H groups in total. The molecule has 1 aromatic carbocycles. The molecular formula is C25H32N4O2. The number of aryl methyl sites for hydroxylation is 4. The van der Waals surface area contributed by atoms with Crippen molar-refractivity contribution in [2.45, 2.75) is 40.5 Å². The lowest BCUT2D eigenvalue weighted by atomic mass is 9.88. The van der Waals surface area contributed by atoms with E-state index < -0.39 is 0 Å². The molecule has 0 bridgehead atoms. The Kier molecular flexibility index (Phi) is 5.73. The largest absolute Gasteiger partial charge is 0.355 e. The summed E-state index contributed by atoms with van der Waals surface area (Å²) < 4.78 is 0. The molecule has 2 aromatic rings. The van der Waals surface area contributed by atoms with Gasteiger partial charge in [0.25, 0.3) is 5.91 Å². The van der Waals surface area contributed by atoms with E-state index in [0.717, 1.165) is 41.3 Å². The van der Waals surface area contributed by atoms with Gasteiger partial charge in [-0.2, -0.15) is 0 Å². The molecule has 0 radical (unpaired) electrons. The number of nitrogens with zero attached hydrogens (tertiary/aromatic N) is 3. The van der Waals surface area contributed by atoms with Crippen LogP contribution in [-0.2, 0) is 4.79 Å². The van der Waals surface area contributed by atoms with Gasteiger partial charge in [0, 0.05) is 44.0 Å². The third kappa shape index (κ3) is 4.03. The van der Waals surface area contributed by atoms with Gasteiger partial charge in [0.15, 0.2) is 0 Å². The van der Waals surface area contributed by atoms with Gasteiger partial charge >= 0.3 is 0 Å². The smallest absolute Gasteiger partial charge is 0.254 e. The molecule has 2 atom stereocenters. The molecule has 1 aromatic heterocycles. The van der Waals surface area contributed by atoms with Crippen LogP contribution in [0.15, 0.2) is 24.3 Å². The zero-order valence-electron chi connectivity index (χ0n) is 19.2. The highest BCUT2D eigenvalue weighted by Gasteiger charge is 2.33. The summed E-state index contributed by atoms with van der Waals surface area (Å²) in [5, 5.41) is 2.93. The first-order valence-electron chi connectivity index (χ1n) is 11.1. The number of nitrogens with one attached hydrogen (secondary N) is 1. The van der Waals surface area contributed by atoms with Gasteiger partial charge in [-0.3, -0.25) is 9.59 Å². The Morgan fingerprint density at radius 2 is 1.71 bits per heavy atom. The molecule has 2 amide bonds. The van der Waals surface area contributed by atoms with Crippen LogP contribution >= 0.6 is 0 Å². The minimum absolute atomic E-state index is 0.0670. The third-order valence-corrected chi connectivity index (χ3v) is 6.79. The average molecular weight is 421 g/mol. The molecule has 2 aliphatic heterocycles. The minimum Gasteiger partial charge on any atom is -0.355 e. The fourth-order valence-electron chi connectivity index (χ4n) is 4.79. The van der Waals surface area contributed by atoms with E-state index in [4.69, 9.17) is 4.98 Å². The molecule has 3 heterocycles. The average Bonchev–Trinajstić information content (AvgIpc) is 3.08. The van der Waals surface area contributed by atoms with Crippen molar-refractivity contribution in [2.75, 3.05) is 37.6 Å². The van der Waals surface area contributed by atoms with Gasteiger partial charge in [-0.25, -0.2) is 4.98 Å². The number of pyridine rings is 1. The molecule has 0 spiro atoms. The fraction of sp³-hybridized carbons (Fsp3) is 0.480. The quantitative estimate of drug-likeness (QED) is 0.829. The van der Waals surface area contributed by atoms with E-state index >= 15 is 0 Å². The molecule has 0 saturated carbocycles. The summed E-state index contributed by atoms with van der Waals surface area (Å²) in [7, 11) is 0. The second kappa shape index (κ2) is 8.33. The molecule has 2 aliphatic rings. The van der Waals surface area contributed by atoms with Gasteiger partial charge < -0.3 is 15.1 Å². The molecule has 31 heavy (non-hydrogen) atoms. The van der Waals surface area contributed by atoms with Crippen LogP contribution in [0.25, 0.3) is 0 Å². The molecule has 2 fully saturated rings. The van der Waals surface area contributed by atoms with E-state index in [1.807, 2.05) is 36.9 Å². The summed E-state index contributed by atoms with van der Waals surface area (Å²) >= 11 is 0. The number of carbonyl (C=O) groups excluding carboxylic acids is 2. The summed E-state index contributed by atoms with van der Waals surface area (Å²) in [5.74, 6) is 1.32. The fourth-order valence-corrected chi connectivity index (χ4v) is 4.79. The summed E-state index contributed by atoms with van der Waals surface area (Å²) in [4.78, 5) is 34.4. The number of aromatic nitrogens is 1. The van der Waals surface area contributed by atoms with Crippen molar-refractivity contribution in [3.8, 4) is 0 Å². The molecule has 2 saturated heterocycles. The molecule has 6 heteroatoms. The van der Waals surface area contributed by atoms with Crippen LogP contribution in [0.3, 0.4) is 0 Å². The van der Waals surface area contributed by atoms with Crippen molar-refractivity contribution < 1.29 is 9.59 Å². The summed E-state index contributed by atoms with van der Waals surface area (Å²) in [6.07, 6.45) is 0. The molecule has 6 nitrogen and oxygen atoms in total. The van der Waals surface area contributed by atoms with Crippen molar-refractivity contribution in [1.82, 2.24) is 15.2 Å². The Labute approximate surface area is 184 Å². The van der Waals surface area contributed by atoms with Gasteiger partial charge in [-0.1, -0.05) is 25.1 Å². The monoisotopic (exact) mass is 420 g/mol. The number of piperazine rings is 1. The van der Waals surface area contributed by atoms with Gasteiger partial charge in [0.1, 0.15) is 5.82 Å². The lowest BCUT2D eigenvalue weighted by Crippen LogP contribution is -2.49. The zero-order valence-corrected chi connectivity index (χ0v) is 19.2. The second-order valence-corrected chi connectivity index (χ2v) is 9.08. The zero-order chi connectivity index (χ0) is 22.3. The van der Waals surface area contributed by atoms with Crippen molar-refractivity contribution in [1.29, 1.82) is 0 Å². The number of anilines is 1. The van der Waals surface area contributed by atoms with Crippen molar-refractivity contribution in [3.63, 3.8) is 0 Å². The van der Waals surface area contributed by atoms with Crippen molar-refractivity contribution >= 4 is 17.6 Å². The van der Waals surface area contributed by atoms with E-state index in [0.29, 0.717) is 19.6 Å². The van der Waals surface area contributed by atoms with Crippen molar-refractivity contribution in [2.24, 2.45) is 5.92 Å². The van der Waals surface area contributed by atoms with Gasteiger partial charge in [0.05, 0.1) is 5.92 Å². The van der Waals surface area contributed by atoms with Gasteiger partial charge in [-0.15, -0.1) is 0 Å². The Morgan fingerprint density at radius 1 is 1.00 bits per heavy atom. The van der Waals surface area contributed by atoms with E-state index in [-0.39, 0.29) is 23.7 Å². The lowest BCUT2D eigenvalue weighted by Gasteiger charge is -2.36. The van der Waals surface area contributed by atoms with Gasteiger partial charge in [-0.05, 0) is 61.9 Å². The Hall–Kier alpha value is -2.89. The third-order valence-electron chi connectivity index (χ3n) is 6.79. The Balaban J connectivity index is 1.45. The molecule has 0 aliphatic carbocycles. The first-order valence-corrected chi connectivity index (χ1v) is 11.1. The van der Waals surface area contributed by atoms with E-state index in [1.165, 1.54) is 11.1 Å². The molecule has 164 valence electrons.